The van der Waals surface area contributed by atoms with Gasteiger partial charge in [-0.15, -0.1) is 0 Å². The summed E-state index contributed by atoms with van der Waals surface area (Å²) in [6.45, 7) is 6.00. The van der Waals surface area contributed by atoms with Gasteiger partial charge in [-0.2, -0.15) is 4.39 Å². The first-order valence-electron chi connectivity index (χ1n) is 6.59. The number of nitrogens with zero attached hydrogens (tertiary/aromatic N) is 2. The van der Waals surface area contributed by atoms with Crippen molar-refractivity contribution in [1.82, 2.24) is 10.3 Å². The molecule has 0 radical (unpaired) electrons. The van der Waals surface area contributed by atoms with Crippen molar-refractivity contribution >= 4 is 11.8 Å². The van der Waals surface area contributed by atoms with Crippen LogP contribution in [0.3, 0.4) is 0 Å². The molecule has 1 aliphatic rings. The van der Waals surface area contributed by atoms with E-state index < -0.39 is 5.95 Å². The molecule has 1 aromatic heterocycles. The number of aromatic nitrogens is 1. The summed E-state index contributed by atoms with van der Waals surface area (Å²) in [6.07, 6.45) is 7.40. The molecule has 98 valence electrons. The summed E-state index contributed by atoms with van der Waals surface area (Å²) >= 11 is 0. The Morgan fingerprint density at radius 3 is 3.17 bits per heavy atom. The zero-order valence-electron chi connectivity index (χ0n) is 10.8. The predicted molar refractivity (Wildman–Crippen MR) is 73.2 cm³/mol. The molecule has 0 aromatic carbocycles. The quantitative estimate of drug-likeness (QED) is 0.834. The van der Waals surface area contributed by atoms with E-state index in [1.54, 1.807) is 6.20 Å². The van der Waals surface area contributed by atoms with Crippen molar-refractivity contribution in [2.45, 2.75) is 19.8 Å². The molecule has 1 N–H and O–H groups in total. The van der Waals surface area contributed by atoms with E-state index in [9.17, 15) is 4.39 Å². The largest absolute Gasteiger partial charge is 0.369 e. The standard InChI is InChI=1S/C14H20FN3/c1-2-3-5-12-10-13(11-17-14(12)15)18-8-4-6-16-7-9-18/h3,5,10-11,16H,2,4,6-9H2,1H3. The van der Waals surface area contributed by atoms with Gasteiger partial charge in [0, 0.05) is 25.2 Å². The molecule has 0 saturated carbocycles. The third-order valence-corrected chi connectivity index (χ3v) is 3.09. The second-order valence-electron chi connectivity index (χ2n) is 4.47. The second-order valence-corrected chi connectivity index (χ2v) is 4.47. The molecule has 0 aliphatic carbocycles. The number of pyridine rings is 1. The lowest BCUT2D eigenvalue weighted by atomic mass is 10.2. The maximum atomic E-state index is 13.5. The first-order chi connectivity index (χ1) is 8.81. The van der Waals surface area contributed by atoms with Crippen molar-refractivity contribution in [3.05, 3.63) is 29.9 Å². The molecule has 0 unspecified atom stereocenters. The summed E-state index contributed by atoms with van der Waals surface area (Å²) in [7, 11) is 0. The average Bonchev–Trinajstić information content (AvgIpc) is 2.67. The lowest BCUT2D eigenvalue weighted by Crippen LogP contribution is -2.28. The molecule has 2 heterocycles. The highest BCUT2D eigenvalue weighted by Gasteiger charge is 2.11. The molecule has 0 amide bonds. The van der Waals surface area contributed by atoms with Gasteiger partial charge in [0.15, 0.2) is 0 Å². The fraction of sp³-hybridized carbons (Fsp3) is 0.500. The van der Waals surface area contributed by atoms with Crippen LogP contribution in [0.5, 0.6) is 0 Å². The third kappa shape index (κ3) is 3.29. The molecule has 1 saturated heterocycles. The number of anilines is 1. The van der Waals surface area contributed by atoms with Gasteiger partial charge in [0.05, 0.1) is 11.9 Å². The predicted octanol–water partition coefficient (Wildman–Crippen LogP) is 2.44. The van der Waals surface area contributed by atoms with E-state index in [4.69, 9.17) is 0 Å². The number of allylic oxidation sites excluding steroid dienone is 1. The monoisotopic (exact) mass is 249 g/mol. The fourth-order valence-electron chi connectivity index (χ4n) is 2.09. The van der Waals surface area contributed by atoms with Crippen LogP contribution in [0.2, 0.25) is 0 Å². The molecule has 1 aliphatic heterocycles. The second kappa shape index (κ2) is 6.50. The Morgan fingerprint density at radius 2 is 2.33 bits per heavy atom. The van der Waals surface area contributed by atoms with Crippen LogP contribution >= 0.6 is 0 Å². The summed E-state index contributed by atoms with van der Waals surface area (Å²) in [6, 6.07) is 1.89. The number of hydrogen-bond acceptors (Lipinski definition) is 3. The Bertz CT molecular complexity index is 410. The lowest BCUT2D eigenvalue weighted by molar-refractivity contribution is 0.580. The third-order valence-electron chi connectivity index (χ3n) is 3.09. The number of halogens is 1. The van der Waals surface area contributed by atoms with E-state index in [1.165, 1.54) is 0 Å². The van der Waals surface area contributed by atoms with Gasteiger partial charge < -0.3 is 10.2 Å². The summed E-state index contributed by atoms with van der Waals surface area (Å²) in [5.74, 6) is -0.392. The highest BCUT2D eigenvalue weighted by molar-refractivity contribution is 5.57. The van der Waals surface area contributed by atoms with Crippen LogP contribution in [-0.4, -0.2) is 31.2 Å². The molecule has 1 fully saturated rings. The minimum atomic E-state index is -0.392. The SMILES string of the molecule is CCC=Cc1cc(N2CCCNCC2)cnc1F. The topological polar surface area (TPSA) is 28.2 Å². The van der Waals surface area contributed by atoms with Crippen LogP contribution in [-0.2, 0) is 0 Å². The molecule has 0 bridgehead atoms. The van der Waals surface area contributed by atoms with Gasteiger partial charge in [0.1, 0.15) is 0 Å². The maximum Gasteiger partial charge on any atom is 0.220 e. The Balaban J connectivity index is 2.19. The first-order valence-corrected chi connectivity index (χ1v) is 6.59. The molecule has 2 rings (SSSR count). The Labute approximate surface area is 108 Å². The van der Waals surface area contributed by atoms with Crippen molar-refractivity contribution in [2.75, 3.05) is 31.1 Å². The number of rotatable bonds is 3. The minimum absolute atomic E-state index is 0.392. The molecule has 3 nitrogen and oxygen atoms in total. The minimum Gasteiger partial charge on any atom is -0.369 e. The normalized spacial score (nSPS) is 17.1. The lowest BCUT2D eigenvalue weighted by Gasteiger charge is -2.22. The zero-order chi connectivity index (χ0) is 12.8. The summed E-state index contributed by atoms with van der Waals surface area (Å²) in [5, 5.41) is 3.36. The van der Waals surface area contributed by atoms with E-state index in [2.05, 4.69) is 15.2 Å². The van der Waals surface area contributed by atoms with Crippen LogP contribution in [0.25, 0.3) is 6.08 Å². The van der Waals surface area contributed by atoms with Crippen molar-refractivity contribution in [1.29, 1.82) is 0 Å². The number of nitrogens with one attached hydrogen (secondary N) is 1. The van der Waals surface area contributed by atoms with Crippen LogP contribution in [0.15, 0.2) is 18.3 Å². The van der Waals surface area contributed by atoms with Crippen LogP contribution in [0, 0.1) is 5.95 Å². The smallest absolute Gasteiger partial charge is 0.220 e. The highest BCUT2D eigenvalue weighted by atomic mass is 19.1. The molecule has 4 heteroatoms. The summed E-state index contributed by atoms with van der Waals surface area (Å²) < 4.78 is 13.5. The molecule has 1 aromatic rings. The van der Waals surface area contributed by atoms with Gasteiger partial charge in [-0.3, -0.25) is 0 Å². The fourth-order valence-corrected chi connectivity index (χ4v) is 2.09. The Hall–Kier alpha value is -1.42. The van der Waals surface area contributed by atoms with Crippen molar-refractivity contribution < 1.29 is 4.39 Å². The average molecular weight is 249 g/mol. The van der Waals surface area contributed by atoms with Crippen LogP contribution in [0.1, 0.15) is 25.3 Å². The van der Waals surface area contributed by atoms with Gasteiger partial charge >= 0.3 is 0 Å². The number of hydrogen-bond donors (Lipinski definition) is 1. The van der Waals surface area contributed by atoms with E-state index >= 15 is 0 Å². The zero-order valence-corrected chi connectivity index (χ0v) is 10.8. The van der Waals surface area contributed by atoms with Gasteiger partial charge in [0.2, 0.25) is 5.95 Å². The van der Waals surface area contributed by atoms with Crippen molar-refractivity contribution in [3.8, 4) is 0 Å². The Kier molecular flexibility index (Phi) is 4.70. The van der Waals surface area contributed by atoms with E-state index in [0.717, 1.165) is 44.7 Å². The van der Waals surface area contributed by atoms with Crippen molar-refractivity contribution in [3.63, 3.8) is 0 Å². The molecule has 18 heavy (non-hydrogen) atoms. The summed E-state index contributed by atoms with van der Waals surface area (Å²) in [4.78, 5) is 6.12. The summed E-state index contributed by atoms with van der Waals surface area (Å²) in [5.41, 5.74) is 1.59. The maximum absolute atomic E-state index is 13.5. The van der Waals surface area contributed by atoms with Gasteiger partial charge in [-0.1, -0.05) is 19.1 Å². The van der Waals surface area contributed by atoms with Crippen LogP contribution in [0.4, 0.5) is 10.1 Å². The molecular weight excluding hydrogens is 229 g/mol. The van der Waals surface area contributed by atoms with Gasteiger partial charge in [-0.25, -0.2) is 4.98 Å². The van der Waals surface area contributed by atoms with E-state index in [0.29, 0.717) is 5.56 Å². The van der Waals surface area contributed by atoms with Gasteiger partial charge in [0.25, 0.3) is 0 Å². The van der Waals surface area contributed by atoms with E-state index in [-0.39, 0.29) is 0 Å². The van der Waals surface area contributed by atoms with Crippen molar-refractivity contribution in [2.24, 2.45) is 0 Å². The Morgan fingerprint density at radius 1 is 1.44 bits per heavy atom. The first kappa shape index (κ1) is 13.0. The molecule has 0 atom stereocenters. The van der Waals surface area contributed by atoms with Gasteiger partial charge in [-0.05, 0) is 25.5 Å². The molecular formula is C14H20FN3. The highest BCUT2D eigenvalue weighted by Crippen LogP contribution is 2.18. The van der Waals surface area contributed by atoms with Crippen LogP contribution < -0.4 is 10.2 Å². The van der Waals surface area contributed by atoms with E-state index in [1.807, 2.05) is 25.1 Å². The molecule has 0 spiro atoms.